The van der Waals surface area contributed by atoms with E-state index in [1.165, 1.54) is 28.6 Å². The molecule has 8 heteroatoms. The summed E-state index contributed by atoms with van der Waals surface area (Å²) >= 11 is 1.50. The van der Waals surface area contributed by atoms with E-state index in [9.17, 15) is 9.59 Å². The van der Waals surface area contributed by atoms with Gasteiger partial charge in [0.15, 0.2) is 0 Å². The summed E-state index contributed by atoms with van der Waals surface area (Å²) in [5.41, 5.74) is 7.15. The average molecular weight is 647 g/mol. The van der Waals surface area contributed by atoms with Crippen LogP contribution in [0.15, 0.2) is 101 Å². The van der Waals surface area contributed by atoms with Gasteiger partial charge in [0.2, 0.25) is 0 Å². The van der Waals surface area contributed by atoms with Crippen molar-refractivity contribution in [2.24, 2.45) is 0 Å². The number of anilines is 2. The molecule has 2 amide bonds. The molecule has 0 spiro atoms. The number of rotatable bonds is 10. The number of aryl methyl sites for hydroxylation is 2. The Morgan fingerprint density at radius 1 is 0.915 bits per heavy atom. The highest BCUT2D eigenvalue weighted by Crippen LogP contribution is 2.42. The van der Waals surface area contributed by atoms with Crippen molar-refractivity contribution in [1.29, 1.82) is 0 Å². The number of nitrogens with zero attached hydrogens (tertiary/aromatic N) is 3. The van der Waals surface area contributed by atoms with Crippen molar-refractivity contribution in [2.75, 3.05) is 56.2 Å². The summed E-state index contributed by atoms with van der Waals surface area (Å²) in [4.78, 5) is 35.1. The second-order valence-electron chi connectivity index (χ2n) is 12.2. The van der Waals surface area contributed by atoms with Gasteiger partial charge in [0, 0.05) is 48.9 Å². The number of hydrogen-bond donors (Lipinski definition) is 1. The predicted octanol–water partition coefficient (Wildman–Crippen LogP) is 6.93. The molecule has 0 aliphatic carbocycles. The number of piperazine rings is 1. The minimum atomic E-state index is -0.0785. The number of carbonyl (C=O) groups is 2. The first-order valence-electron chi connectivity index (χ1n) is 16.2. The van der Waals surface area contributed by atoms with Gasteiger partial charge in [0.1, 0.15) is 5.75 Å². The molecule has 7 nitrogen and oxygen atoms in total. The fraction of sp³-hybridized carbons (Fsp3) is 0.282. The second-order valence-corrected chi connectivity index (χ2v) is 13.2. The van der Waals surface area contributed by atoms with Gasteiger partial charge < -0.3 is 19.9 Å². The molecule has 0 atom stereocenters. The van der Waals surface area contributed by atoms with Crippen LogP contribution in [0.1, 0.15) is 39.0 Å². The first-order chi connectivity index (χ1) is 22.9. The van der Waals surface area contributed by atoms with Crippen LogP contribution >= 0.6 is 11.8 Å². The molecule has 242 valence electrons. The molecule has 2 heterocycles. The highest BCUT2D eigenvalue weighted by molar-refractivity contribution is 8.04. The molecule has 0 aromatic heterocycles. The van der Waals surface area contributed by atoms with E-state index in [1.54, 1.807) is 7.11 Å². The number of para-hydroxylation sites is 1. The van der Waals surface area contributed by atoms with Gasteiger partial charge in [-0.3, -0.25) is 14.5 Å². The molecule has 4 aromatic rings. The first-order valence-corrected chi connectivity index (χ1v) is 17.1. The third-order valence-corrected chi connectivity index (χ3v) is 9.96. The zero-order valence-electron chi connectivity index (χ0n) is 27.4. The Balaban J connectivity index is 1.01. The Hall–Kier alpha value is -4.53. The average Bonchev–Trinajstić information content (AvgIpc) is 3.10. The Morgan fingerprint density at radius 2 is 1.66 bits per heavy atom. The van der Waals surface area contributed by atoms with Crippen molar-refractivity contribution >= 4 is 41.0 Å². The van der Waals surface area contributed by atoms with Gasteiger partial charge in [-0.15, -0.1) is 0 Å². The van der Waals surface area contributed by atoms with E-state index in [2.05, 4.69) is 65.4 Å². The Labute approximate surface area is 282 Å². The molecule has 0 saturated carbocycles. The van der Waals surface area contributed by atoms with Crippen LogP contribution in [0.3, 0.4) is 0 Å². The van der Waals surface area contributed by atoms with E-state index in [0.29, 0.717) is 23.6 Å². The quantitative estimate of drug-likeness (QED) is 0.149. The van der Waals surface area contributed by atoms with Crippen molar-refractivity contribution in [2.45, 2.75) is 31.7 Å². The van der Waals surface area contributed by atoms with Crippen molar-refractivity contribution < 1.29 is 14.3 Å². The van der Waals surface area contributed by atoms with Gasteiger partial charge in [0.25, 0.3) is 11.8 Å². The summed E-state index contributed by atoms with van der Waals surface area (Å²) in [5.74, 6) is 0.782. The van der Waals surface area contributed by atoms with E-state index >= 15 is 0 Å². The molecule has 6 rings (SSSR count). The van der Waals surface area contributed by atoms with Gasteiger partial charge >= 0.3 is 0 Å². The number of methoxy groups -OCH3 is 1. The number of ether oxygens (including phenoxy) is 1. The zero-order valence-corrected chi connectivity index (χ0v) is 28.2. The van der Waals surface area contributed by atoms with Crippen LogP contribution in [0.5, 0.6) is 5.75 Å². The van der Waals surface area contributed by atoms with Crippen LogP contribution in [0.4, 0.5) is 11.4 Å². The van der Waals surface area contributed by atoms with Gasteiger partial charge in [-0.05, 0) is 98.1 Å². The van der Waals surface area contributed by atoms with E-state index in [1.807, 2.05) is 65.6 Å². The molecule has 0 bridgehead atoms. The number of nitrogens with one attached hydrogen (secondary N) is 1. The lowest BCUT2D eigenvalue weighted by Crippen LogP contribution is -2.47. The molecule has 47 heavy (non-hydrogen) atoms. The van der Waals surface area contributed by atoms with E-state index < -0.39 is 0 Å². The summed E-state index contributed by atoms with van der Waals surface area (Å²) in [6, 6.07) is 30.2. The van der Waals surface area contributed by atoms with Gasteiger partial charge in [-0.25, -0.2) is 0 Å². The van der Waals surface area contributed by atoms with E-state index in [0.717, 1.165) is 66.6 Å². The maximum Gasteiger partial charge on any atom is 0.265 e. The molecular weight excluding hydrogens is 605 g/mol. The third kappa shape index (κ3) is 7.89. The maximum atomic E-state index is 13.8. The SMILES string of the molecule is COc1ccc(N2CCN(CCCNC(=O)c3ccc(C=C4Sc5ccccc5N(Cc5cc(C)ccc5C)C4=O)cc3)CC2)cc1. The lowest BCUT2D eigenvalue weighted by molar-refractivity contribution is -0.114. The number of thioether (sulfide) groups is 1. The molecule has 0 radical (unpaired) electrons. The van der Waals surface area contributed by atoms with Gasteiger partial charge in [0.05, 0.1) is 24.2 Å². The minimum absolute atomic E-state index is 0.0152. The molecule has 4 aromatic carbocycles. The third-order valence-electron chi connectivity index (χ3n) is 8.88. The smallest absolute Gasteiger partial charge is 0.265 e. The van der Waals surface area contributed by atoms with Crippen LogP contribution in [-0.2, 0) is 11.3 Å². The highest BCUT2D eigenvalue weighted by Gasteiger charge is 2.29. The topological polar surface area (TPSA) is 65.1 Å². The molecule has 0 unspecified atom stereocenters. The van der Waals surface area contributed by atoms with Crippen LogP contribution in [0, 0.1) is 13.8 Å². The molecule has 2 aliphatic heterocycles. The normalized spacial score (nSPS) is 15.9. The van der Waals surface area contributed by atoms with Crippen molar-refractivity contribution in [3.8, 4) is 5.75 Å². The van der Waals surface area contributed by atoms with Crippen LogP contribution in [0.2, 0.25) is 0 Å². The van der Waals surface area contributed by atoms with E-state index in [4.69, 9.17) is 4.74 Å². The summed E-state index contributed by atoms with van der Waals surface area (Å²) in [6.07, 6.45) is 2.83. The molecule has 1 N–H and O–H groups in total. The Morgan fingerprint density at radius 3 is 2.40 bits per heavy atom. The Kier molecular flexibility index (Phi) is 10.3. The van der Waals surface area contributed by atoms with Crippen molar-refractivity contribution in [3.05, 3.63) is 124 Å². The Bertz CT molecular complexity index is 1750. The molecule has 2 aliphatic rings. The van der Waals surface area contributed by atoms with Crippen LogP contribution in [-0.4, -0.2) is 63.1 Å². The van der Waals surface area contributed by atoms with Crippen LogP contribution in [0.25, 0.3) is 6.08 Å². The standard InChI is InChI=1S/C39H42N4O3S/c1-28-9-10-29(2)32(25-28)27-43-35-7-4-5-8-36(35)47-37(39(43)45)26-30-11-13-31(14-12-30)38(44)40-19-6-20-41-21-23-42(24-22-41)33-15-17-34(46-3)18-16-33/h4-5,7-18,25-26H,6,19-24,27H2,1-3H3,(H,40,44). The number of carbonyl (C=O) groups excluding carboxylic acids is 2. The van der Waals surface area contributed by atoms with Gasteiger partial charge in [-0.1, -0.05) is 59.8 Å². The highest BCUT2D eigenvalue weighted by atomic mass is 32.2. The molecule has 1 saturated heterocycles. The fourth-order valence-electron chi connectivity index (χ4n) is 6.07. The summed E-state index contributed by atoms with van der Waals surface area (Å²) in [7, 11) is 1.69. The van der Waals surface area contributed by atoms with Crippen LogP contribution < -0.4 is 19.9 Å². The summed E-state index contributed by atoms with van der Waals surface area (Å²) in [6.45, 7) is 10.3. The van der Waals surface area contributed by atoms with Crippen molar-refractivity contribution in [1.82, 2.24) is 10.2 Å². The monoisotopic (exact) mass is 646 g/mol. The predicted molar refractivity (Wildman–Crippen MR) is 192 cm³/mol. The van der Waals surface area contributed by atoms with Gasteiger partial charge in [-0.2, -0.15) is 0 Å². The number of fused-ring (bicyclic) bond motifs is 1. The molecule has 1 fully saturated rings. The minimum Gasteiger partial charge on any atom is -0.497 e. The maximum absolute atomic E-state index is 13.8. The summed E-state index contributed by atoms with van der Waals surface area (Å²) in [5, 5.41) is 3.07. The van der Waals surface area contributed by atoms with E-state index in [-0.39, 0.29) is 11.8 Å². The zero-order chi connectivity index (χ0) is 32.8. The first kappa shape index (κ1) is 32.4. The fourth-order valence-corrected chi connectivity index (χ4v) is 7.13. The number of amides is 2. The lowest BCUT2D eigenvalue weighted by Gasteiger charge is -2.36. The summed E-state index contributed by atoms with van der Waals surface area (Å²) < 4.78 is 5.27. The second kappa shape index (κ2) is 14.9. The molecular formula is C39H42N4O3S. The van der Waals surface area contributed by atoms with Crippen molar-refractivity contribution in [3.63, 3.8) is 0 Å². The lowest BCUT2D eigenvalue weighted by atomic mass is 10.0. The number of benzene rings is 4. The largest absolute Gasteiger partial charge is 0.497 e. The number of hydrogen-bond acceptors (Lipinski definition) is 6.